The molecule has 0 unspecified atom stereocenters. The Labute approximate surface area is 128 Å². The van der Waals surface area contributed by atoms with E-state index in [9.17, 15) is 5.11 Å². The minimum absolute atomic E-state index is 0.478. The van der Waals surface area contributed by atoms with Crippen LogP contribution in [0, 0.1) is 0 Å². The van der Waals surface area contributed by atoms with Crippen molar-refractivity contribution in [1.29, 1.82) is 0 Å². The molecule has 112 valence electrons. The molecule has 0 bridgehead atoms. The Morgan fingerprint density at radius 3 is 2.95 bits per heavy atom. The molecule has 0 aromatic carbocycles. The molecule has 1 atom stereocenters. The summed E-state index contributed by atoms with van der Waals surface area (Å²) in [4.78, 5) is 5.36. The lowest BCUT2D eigenvalue weighted by molar-refractivity contribution is 0.169. The minimum atomic E-state index is -0.478. The minimum Gasteiger partial charge on any atom is -0.387 e. The van der Waals surface area contributed by atoms with Crippen LogP contribution in [0.25, 0.3) is 0 Å². The number of hydrogen-bond acceptors (Lipinski definition) is 5. The Morgan fingerprint density at radius 1 is 1.29 bits per heavy atom. The van der Waals surface area contributed by atoms with Gasteiger partial charge in [-0.15, -0.1) is 10.2 Å². The van der Waals surface area contributed by atoms with Crippen LogP contribution in [0.5, 0.6) is 0 Å². The van der Waals surface area contributed by atoms with Crippen molar-refractivity contribution in [1.82, 2.24) is 19.7 Å². The highest BCUT2D eigenvalue weighted by Gasteiger charge is 2.16. The van der Waals surface area contributed by atoms with Gasteiger partial charge in [-0.05, 0) is 43.2 Å². The van der Waals surface area contributed by atoms with Gasteiger partial charge in [0.15, 0.2) is 5.16 Å². The van der Waals surface area contributed by atoms with E-state index >= 15 is 0 Å². The van der Waals surface area contributed by atoms with Gasteiger partial charge in [-0.3, -0.25) is 4.98 Å². The lowest BCUT2D eigenvalue weighted by Crippen LogP contribution is -2.02. The van der Waals surface area contributed by atoms with Crippen molar-refractivity contribution in [3.8, 4) is 0 Å². The predicted octanol–water partition coefficient (Wildman–Crippen LogP) is 2.99. The monoisotopic (exact) mass is 304 g/mol. The molecule has 0 fully saturated rings. The van der Waals surface area contributed by atoms with Crippen LogP contribution in [0.15, 0.2) is 28.4 Å². The molecular formula is C15H20N4OS. The molecule has 3 rings (SSSR count). The van der Waals surface area contributed by atoms with Crippen LogP contribution in [-0.2, 0) is 13.0 Å². The molecular weight excluding hydrogens is 284 g/mol. The van der Waals surface area contributed by atoms with Crippen LogP contribution in [-0.4, -0.2) is 24.9 Å². The molecule has 21 heavy (non-hydrogen) atoms. The summed E-state index contributed by atoms with van der Waals surface area (Å²) < 4.78 is 2.23. The summed E-state index contributed by atoms with van der Waals surface area (Å²) >= 11 is 1.59. The maximum absolute atomic E-state index is 9.77. The largest absolute Gasteiger partial charge is 0.387 e. The number of aryl methyl sites for hydroxylation is 1. The molecule has 0 spiro atoms. The van der Waals surface area contributed by atoms with Gasteiger partial charge in [0.25, 0.3) is 0 Å². The molecule has 5 nitrogen and oxygen atoms in total. The number of rotatable bonds is 4. The van der Waals surface area contributed by atoms with Crippen LogP contribution < -0.4 is 0 Å². The molecule has 0 saturated heterocycles. The van der Waals surface area contributed by atoms with Crippen molar-refractivity contribution >= 4 is 11.8 Å². The van der Waals surface area contributed by atoms with E-state index in [0.29, 0.717) is 6.42 Å². The number of pyridine rings is 1. The van der Waals surface area contributed by atoms with Gasteiger partial charge in [-0.1, -0.05) is 13.3 Å². The van der Waals surface area contributed by atoms with Gasteiger partial charge in [0.1, 0.15) is 5.82 Å². The SMILES string of the molecule is CC[C@H](O)c1ccc(Sc2nnc3n2CCCCC3)cn1. The van der Waals surface area contributed by atoms with E-state index < -0.39 is 6.10 Å². The van der Waals surface area contributed by atoms with Crippen molar-refractivity contribution in [2.24, 2.45) is 0 Å². The van der Waals surface area contributed by atoms with E-state index in [1.165, 1.54) is 19.3 Å². The second-order valence-electron chi connectivity index (χ2n) is 5.31. The zero-order valence-electron chi connectivity index (χ0n) is 12.2. The fraction of sp³-hybridized carbons (Fsp3) is 0.533. The maximum atomic E-state index is 9.77. The second-order valence-corrected chi connectivity index (χ2v) is 6.35. The summed E-state index contributed by atoms with van der Waals surface area (Å²) in [6, 6.07) is 3.88. The lowest BCUT2D eigenvalue weighted by Gasteiger charge is -2.08. The molecule has 2 aromatic heterocycles. The number of nitrogens with zero attached hydrogens (tertiary/aromatic N) is 4. The fourth-order valence-electron chi connectivity index (χ4n) is 2.50. The third kappa shape index (κ3) is 3.27. The molecule has 0 radical (unpaired) electrons. The number of fused-ring (bicyclic) bond motifs is 1. The first-order chi connectivity index (χ1) is 10.3. The van der Waals surface area contributed by atoms with Crippen LogP contribution in [0.1, 0.15) is 50.2 Å². The molecule has 1 aliphatic heterocycles. The summed E-state index contributed by atoms with van der Waals surface area (Å²) in [5.41, 5.74) is 0.724. The van der Waals surface area contributed by atoms with Crippen molar-refractivity contribution in [3.63, 3.8) is 0 Å². The second kappa shape index (κ2) is 6.58. The smallest absolute Gasteiger partial charge is 0.196 e. The van der Waals surface area contributed by atoms with Gasteiger partial charge in [-0.25, -0.2) is 0 Å². The number of aliphatic hydroxyl groups is 1. The maximum Gasteiger partial charge on any atom is 0.196 e. The molecule has 2 aromatic rings. The molecule has 0 aliphatic carbocycles. The van der Waals surface area contributed by atoms with E-state index in [0.717, 1.165) is 34.5 Å². The Balaban J connectivity index is 1.76. The van der Waals surface area contributed by atoms with E-state index in [-0.39, 0.29) is 0 Å². The van der Waals surface area contributed by atoms with Gasteiger partial charge in [-0.2, -0.15) is 0 Å². The first-order valence-electron chi connectivity index (χ1n) is 7.52. The standard InChI is InChI=1S/C15H20N4OS/c1-2-13(20)12-8-7-11(10-16-12)21-15-18-17-14-6-4-3-5-9-19(14)15/h7-8,10,13,20H,2-6,9H2,1H3/t13-/m0/s1. The van der Waals surface area contributed by atoms with E-state index in [4.69, 9.17) is 0 Å². The van der Waals surface area contributed by atoms with Gasteiger partial charge in [0.05, 0.1) is 11.8 Å². The number of aliphatic hydroxyl groups excluding tert-OH is 1. The van der Waals surface area contributed by atoms with Gasteiger partial charge >= 0.3 is 0 Å². The Bertz CT molecular complexity index is 596. The van der Waals surface area contributed by atoms with Crippen LogP contribution >= 0.6 is 11.8 Å². The summed E-state index contributed by atoms with van der Waals surface area (Å²) in [5.74, 6) is 1.10. The topological polar surface area (TPSA) is 63.8 Å². The van der Waals surface area contributed by atoms with E-state index in [1.807, 2.05) is 19.1 Å². The zero-order valence-corrected chi connectivity index (χ0v) is 13.0. The third-order valence-corrected chi connectivity index (χ3v) is 4.73. The third-order valence-electron chi connectivity index (χ3n) is 3.77. The molecule has 0 saturated carbocycles. The van der Waals surface area contributed by atoms with E-state index in [2.05, 4.69) is 19.7 Å². The average molecular weight is 304 g/mol. The molecule has 0 amide bonds. The van der Waals surface area contributed by atoms with Gasteiger partial charge in [0, 0.05) is 24.1 Å². The fourth-order valence-corrected chi connectivity index (χ4v) is 3.34. The van der Waals surface area contributed by atoms with Crippen molar-refractivity contribution in [3.05, 3.63) is 29.8 Å². The summed E-state index contributed by atoms with van der Waals surface area (Å²) in [7, 11) is 0. The van der Waals surface area contributed by atoms with Gasteiger partial charge in [0.2, 0.25) is 0 Å². The molecule has 1 N–H and O–H groups in total. The zero-order chi connectivity index (χ0) is 14.7. The number of hydrogen-bond donors (Lipinski definition) is 1. The first kappa shape index (κ1) is 14.5. The predicted molar refractivity (Wildman–Crippen MR) is 81.2 cm³/mol. The quantitative estimate of drug-likeness (QED) is 0.940. The highest BCUT2D eigenvalue weighted by atomic mass is 32.2. The lowest BCUT2D eigenvalue weighted by atomic mass is 10.2. The van der Waals surface area contributed by atoms with E-state index in [1.54, 1.807) is 18.0 Å². The Kier molecular flexibility index (Phi) is 4.55. The van der Waals surface area contributed by atoms with Crippen LogP contribution in [0.3, 0.4) is 0 Å². The summed E-state index contributed by atoms with van der Waals surface area (Å²) in [6.45, 7) is 2.95. The Hall–Kier alpha value is -1.40. The van der Waals surface area contributed by atoms with Crippen molar-refractivity contribution < 1.29 is 5.11 Å². The summed E-state index contributed by atoms with van der Waals surface area (Å²) in [6.07, 6.45) is 6.68. The van der Waals surface area contributed by atoms with Crippen molar-refractivity contribution in [2.45, 2.75) is 61.7 Å². The molecule has 6 heteroatoms. The number of aromatic nitrogens is 4. The van der Waals surface area contributed by atoms with Crippen LogP contribution in [0.4, 0.5) is 0 Å². The van der Waals surface area contributed by atoms with Crippen LogP contribution in [0.2, 0.25) is 0 Å². The molecule has 3 heterocycles. The van der Waals surface area contributed by atoms with Gasteiger partial charge < -0.3 is 9.67 Å². The van der Waals surface area contributed by atoms with Crippen molar-refractivity contribution in [2.75, 3.05) is 0 Å². The highest BCUT2D eigenvalue weighted by Crippen LogP contribution is 2.28. The Morgan fingerprint density at radius 2 is 2.19 bits per heavy atom. The average Bonchev–Trinajstić information content (AvgIpc) is 2.75. The normalized spacial score (nSPS) is 16.3. The summed E-state index contributed by atoms with van der Waals surface area (Å²) in [5, 5.41) is 19.3. The highest BCUT2D eigenvalue weighted by molar-refractivity contribution is 7.99. The first-order valence-corrected chi connectivity index (χ1v) is 8.33. The molecule has 1 aliphatic rings.